The third-order valence-electron chi connectivity index (χ3n) is 4.70. The summed E-state index contributed by atoms with van der Waals surface area (Å²) in [7, 11) is 1.23. The van der Waals surface area contributed by atoms with Crippen molar-refractivity contribution in [3.63, 3.8) is 0 Å². The van der Waals surface area contributed by atoms with Gasteiger partial charge in [0.1, 0.15) is 5.82 Å². The fraction of sp³-hybridized carbons (Fsp3) is 0.292. The van der Waals surface area contributed by atoms with E-state index in [1.54, 1.807) is 0 Å². The van der Waals surface area contributed by atoms with Crippen LogP contribution in [0.1, 0.15) is 19.4 Å². The Bertz CT molecular complexity index is 1140. The fourth-order valence-corrected chi connectivity index (χ4v) is 4.27. The quantitative estimate of drug-likeness (QED) is 0.346. The van der Waals surface area contributed by atoms with Crippen LogP contribution in [0.3, 0.4) is 0 Å². The molecule has 0 N–H and O–H groups in total. The number of hydrogen-bond donors (Lipinski definition) is 0. The Balaban J connectivity index is 1.88. The molecule has 1 aliphatic rings. The Labute approximate surface area is 206 Å². The maximum Gasteiger partial charge on any atom is 0.331 e. The molecule has 0 atom stereocenters. The van der Waals surface area contributed by atoms with Gasteiger partial charge < -0.3 is 14.2 Å². The van der Waals surface area contributed by atoms with Crippen molar-refractivity contribution in [1.29, 1.82) is 0 Å². The number of ether oxygens (including phenoxy) is 3. The zero-order valence-electron chi connectivity index (χ0n) is 19.0. The summed E-state index contributed by atoms with van der Waals surface area (Å²) in [5.74, 6) is -0.303. The fourth-order valence-electron chi connectivity index (χ4n) is 3.11. The summed E-state index contributed by atoms with van der Waals surface area (Å²) < 4.78 is 29.5. The minimum absolute atomic E-state index is 0.0779. The van der Waals surface area contributed by atoms with Crippen LogP contribution in [0.2, 0.25) is 5.02 Å². The van der Waals surface area contributed by atoms with E-state index >= 15 is 0 Å². The Kier molecular flexibility index (Phi) is 8.95. The molecule has 3 rings (SSSR count). The van der Waals surface area contributed by atoms with Gasteiger partial charge in [-0.25, -0.2) is 14.2 Å². The summed E-state index contributed by atoms with van der Waals surface area (Å²) >= 11 is 6.91. The Hall–Kier alpha value is -3.04. The molecule has 0 radical (unpaired) electrons. The normalized spacial score (nSPS) is 15.8. The van der Waals surface area contributed by atoms with E-state index in [2.05, 4.69) is 9.73 Å². The van der Waals surface area contributed by atoms with Crippen LogP contribution in [0.5, 0.6) is 11.5 Å². The van der Waals surface area contributed by atoms with E-state index in [-0.39, 0.29) is 22.4 Å². The number of thioether (sulfide) groups is 1. The van der Waals surface area contributed by atoms with Gasteiger partial charge in [-0.2, -0.15) is 0 Å². The molecule has 1 amide bonds. The average molecular weight is 507 g/mol. The lowest BCUT2D eigenvalue weighted by atomic mass is 10.1. The molecule has 0 unspecified atom stereocenters. The average Bonchev–Trinajstić information content (AvgIpc) is 3.10. The second kappa shape index (κ2) is 11.9. The van der Waals surface area contributed by atoms with Crippen molar-refractivity contribution in [2.45, 2.75) is 20.3 Å². The lowest BCUT2D eigenvalue weighted by molar-refractivity contribution is -0.135. The van der Waals surface area contributed by atoms with E-state index in [0.717, 1.165) is 23.4 Å². The number of amidine groups is 1. The monoisotopic (exact) mass is 506 g/mol. The predicted molar refractivity (Wildman–Crippen MR) is 130 cm³/mol. The number of hydrogen-bond acceptors (Lipinski definition) is 7. The van der Waals surface area contributed by atoms with Gasteiger partial charge in [0, 0.05) is 12.6 Å². The molecule has 0 bridgehead atoms. The number of rotatable bonds is 9. The molecule has 1 aliphatic heterocycles. The second-order valence-electron chi connectivity index (χ2n) is 6.98. The zero-order chi connectivity index (χ0) is 24.7. The van der Waals surface area contributed by atoms with Crippen molar-refractivity contribution in [2.24, 2.45) is 4.99 Å². The van der Waals surface area contributed by atoms with Crippen molar-refractivity contribution in [2.75, 3.05) is 26.9 Å². The number of halogens is 2. The summed E-state index contributed by atoms with van der Waals surface area (Å²) in [6, 6.07) is 9.65. The topological polar surface area (TPSA) is 77.4 Å². The highest BCUT2D eigenvalue weighted by Gasteiger charge is 2.34. The molecule has 0 spiro atoms. The summed E-state index contributed by atoms with van der Waals surface area (Å²) in [6.45, 7) is 5.08. The highest BCUT2D eigenvalue weighted by molar-refractivity contribution is 8.18. The van der Waals surface area contributed by atoms with Crippen molar-refractivity contribution < 1.29 is 28.2 Å². The lowest BCUT2D eigenvalue weighted by Gasteiger charge is -2.17. The minimum Gasteiger partial charge on any atom is -0.490 e. The van der Waals surface area contributed by atoms with E-state index < -0.39 is 11.8 Å². The minimum atomic E-state index is -0.644. The Morgan fingerprint density at radius 3 is 2.56 bits per heavy atom. The van der Waals surface area contributed by atoms with Gasteiger partial charge >= 0.3 is 5.97 Å². The largest absolute Gasteiger partial charge is 0.490 e. The van der Waals surface area contributed by atoms with Crippen LogP contribution in [0.25, 0.3) is 0 Å². The Morgan fingerprint density at radius 2 is 1.88 bits per heavy atom. The SMILES string of the molecule is CCOc1ccc(CCN2C(=O)/C(=C/C(=O)OC)SC2=Nc2ccc(F)c(Cl)c2)cc1OCC. The van der Waals surface area contributed by atoms with Crippen LogP contribution in [0.4, 0.5) is 10.1 Å². The first-order valence-electron chi connectivity index (χ1n) is 10.6. The molecule has 34 heavy (non-hydrogen) atoms. The van der Waals surface area contributed by atoms with E-state index in [4.69, 9.17) is 21.1 Å². The van der Waals surface area contributed by atoms with E-state index in [9.17, 15) is 14.0 Å². The summed E-state index contributed by atoms with van der Waals surface area (Å²) in [4.78, 5) is 30.9. The standard InChI is InChI=1S/C24H24ClFN2O5S/c1-4-32-19-9-6-15(12-20(19)33-5-2)10-11-28-23(30)21(14-22(29)31-3)34-24(28)27-16-7-8-18(26)17(25)13-16/h6-9,12-14H,4-5,10-11H2,1-3H3/b21-14-,27-24?. The van der Waals surface area contributed by atoms with E-state index in [0.29, 0.717) is 42.0 Å². The molecule has 2 aromatic carbocycles. The number of nitrogens with zero attached hydrogens (tertiary/aromatic N) is 2. The molecule has 0 saturated carbocycles. The van der Waals surface area contributed by atoms with Crippen LogP contribution in [0, 0.1) is 5.82 Å². The van der Waals surface area contributed by atoms with Crippen molar-refractivity contribution in [3.05, 3.63) is 63.8 Å². The molecule has 10 heteroatoms. The molecular formula is C24H24ClFN2O5S. The molecule has 0 aliphatic carbocycles. The van der Waals surface area contributed by atoms with Gasteiger partial charge in [-0.15, -0.1) is 0 Å². The summed E-state index contributed by atoms with van der Waals surface area (Å²) in [5.41, 5.74) is 1.31. The van der Waals surface area contributed by atoms with Crippen LogP contribution >= 0.6 is 23.4 Å². The predicted octanol–water partition coefficient (Wildman–Crippen LogP) is 5.14. The Morgan fingerprint density at radius 1 is 1.15 bits per heavy atom. The second-order valence-corrected chi connectivity index (χ2v) is 8.40. The number of benzene rings is 2. The number of carbonyl (C=O) groups is 2. The van der Waals surface area contributed by atoms with Crippen LogP contribution in [0.15, 0.2) is 52.4 Å². The number of methoxy groups -OCH3 is 1. The van der Waals surface area contributed by atoms with Gasteiger partial charge in [0.25, 0.3) is 5.91 Å². The maximum atomic E-state index is 13.5. The molecular weight excluding hydrogens is 483 g/mol. The molecule has 1 saturated heterocycles. The van der Waals surface area contributed by atoms with Gasteiger partial charge in [-0.1, -0.05) is 17.7 Å². The molecule has 1 fully saturated rings. The summed E-state index contributed by atoms with van der Waals surface area (Å²) in [6.07, 6.45) is 1.62. The third kappa shape index (κ3) is 6.30. The van der Waals surface area contributed by atoms with E-state index in [1.807, 2.05) is 32.0 Å². The number of aliphatic imine (C=N–C) groups is 1. The van der Waals surface area contributed by atoms with Gasteiger partial charge in [-0.05, 0) is 67.9 Å². The molecule has 0 aromatic heterocycles. The van der Waals surface area contributed by atoms with Crippen LogP contribution < -0.4 is 9.47 Å². The summed E-state index contributed by atoms with van der Waals surface area (Å²) in [5, 5.41) is 0.268. The lowest BCUT2D eigenvalue weighted by Crippen LogP contribution is -2.31. The van der Waals surface area contributed by atoms with Crippen LogP contribution in [-0.2, 0) is 20.7 Å². The van der Waals surface area contributed by atoms with Gasteiger partial charge in [-0.3, -0.25) is 9.69 Å². The first kappa shape index (κ1) is 25.6. The zero-order valence-corrected chi connectivity index (χ0v) is 20.5. The van der Waals surface area contributed by atoms with Crippen molar-refractivity contribution >= 4 is 46.1 Å². The number of carbonyl (C=O) groups excluding carboxylic acids is 2. The van der Waals surface area contributed by atoms with Crippen LogP contribution in [-0.4, -0.2) is 48.8 Å². The molecule has 7 nitrogen and oxygen atoms in total. The van der Waals surface area contributed by atoms with Crippen molar-refractivity contribution in [1.82, 2.24) is 4.90 Å². The van der Waals surface area contributed by atoms with Gasteiger partial charge in [0.05, 0.1) is 35.9 Å². The smallest absolute Gasteiger partial charge is 0.331 e. The molecule has 2 aromatic rings. The number of amides is 1. The molecule has 180 valence electrons. The molecule has 1 heterocycles. The highest BCUT2D eigenvalue weighted by atomic mass is 35.5. The van der Waals surface area contributed by atoms with Crippen molar-refractivity contribution in [3.8, 4) is 11.5 Å². The van der Waals surface area contributed by atoms with Gasteiger partial charge in [0.2, 0.25) is 0 Å². The highest BCUT2D eigenvalue weighted by Crippen LogP contribution is 2.34. The third-order valence-corrected chi connectivity index (χ3v) is 5.99. The first-order valence-corrected chi connectivity index (χ1v) is 11.8. The number of esters is 1. The van der Waals surface area contributed by atoms with E-state index in [1.165, 1.54) is 30.2 Å². The first-order chi connectivity index (χ1) is 16.4. The van der Waals surface area contributed by atoms with Gasteiger partial charge in [0.15, 0.2) is 16.7 Å². The maximum absolute atomic E-state index is 13.5.